The minimum absolute atomic E-state index is 0.320. The smallest absolute Gasteiger partial charge is 0.319 e. The molecule has 0 atom stereocenters. The van der Waals surface area contributed by atoms with Gasteiger partial charge in [-0.1, -0.05) is 0 Å². The van der Waals surface area contributed by atoms with Crippen LogP contribution in [0.3, 0.4) is 0 Å². The molecule has 0 aliphatic rings. The van der Waals surface area contributed by atoms with E-state index in [0.717, 1.165) is 0 Å². The van der Waals surface area contributed by atoms with Gasteiger partial charge in [0.05, 0.1) is 0 Å². The molecule has 0 aliphatic heterocycles. The highest BCUT2D eigenvalue weighted by Crippen LogP contribution is 1.93. The second kappa shape index (κ2) is 3.73. The van der Waals surface area contributed by atoms with E-state index in [9.17, 15) is 0 Å². The fourth-order valence-electron chi connectivity index (χ4n) is 0.453. The molecule has 2 N–H and O–H groups in total. The molecule has 0 radical (unpaired) electrons. The lowest BCUT2D eigenvalue weighted by atomic mass is 10.7. The molecule has 1 heterocycles. The van der Waals surface area contributed by atoms with Crippen LogP contribution in [0.5, 0.6) is 6.01 Å². The standard InChI is InChI=1S/C5H8N4O/c6-1-2-10-5-8-3-7-4-9-5/h3-4H,1-2,6H2. The Labute approximate surface area is 58.3 Å². The largest absolute Gasteiger partial charge is 0.462 e. The first-order valence-corrected chi connectivity index (χ1v) is 2.88. The SMILES string of the molecule is NCCOc1ncncn1. The molecule has 0 saturated heterocycles. The Kier molecular flexibility index (Phi) is 2.57. The summed E-state index contributed by atoms with van der Waals surface area (Å²) in [6.45, 7) is 0.899. The fraction of sp³-hybridized carbons (Fsp3) is 0.400. The summed E-state index contributed by atoms with van der Waals surface area (Å²) in [4.78, 5) is 11.1. The van der Waals surface area contributed by atoms with Crippen LogP contribution in [-0.2, 0) is 0 Å². The molecule has 10 heavy (non-hydrogen) atoms. The van der Waals surface area contributed by atoms with Gasteiger partial charge in [0, 0.05) is 6.54 Å². The van der Waals surface area contributed by atoms with Crippen molar-refractivity contribution in [2.45, 2.75) is 0 Å². The van der Waals surface area contributed by atoms with Gasteiger partial charge >= 0.3 is 6.01 Å². The van der Waals surface area contributed by atoms with Crippen LogP contribution in [-0.4, -0.2) is 28.1 Å². The van der Waals surface area contributed by atoms with Crippen molar-refractivity contribution in [3.8, 4) is 6.01 Å². The molecule has 0 bridgehead atoms. The molecule has 5 heteroatoms. The van der Waals surface area contributed by atoms with E-state index >= 15 is 0 Å². The zero-order valence-electron chi connectivity index (χ0n) is 5.40. The lowest BCUT2D eigenvalue weighted by Crippen LogP contribution is -2.11. The molecule has 1 rings (SSSR count). The van der Waals surface area contributed by atoms with Crippen molar-refractivity contribution in [2.24, 2.45) is 5.73 Å². The van der Waals surface area contributed by atoms with Crippen molar-refractivity contribution in [1.82, 2.24) is 15.0 Å². The molecule has 5 nitrogen and oxygen atoms in total. The summed E-state index contributed by atoms with van der Waals surface area (Å²) in [5, 5.41) is 0. The maximum Gasteiger partial charge on any atom is 0.319 e. The number of hydrogen-bond donors (Lipinski definition) is 1. The van der Waals surface area contributed by atoms with Gasteiger partial charge in [-0.3, -0.25) is 0 Å². The fourth-order valence-corrected chi connectivity index (χ4v) is 0.453. The normalized spacial score (nSPS) is 9.30. The van der Waals surface area contributed by atoms with Crippen LogP contribution in [0.2, 0.25) is 0 Å². The summed E-state index contributed by atoms with van der Waals surface area (Å²) >= 11 is 0. The van der Waals surface area contributed by atoms with E-state index in [1.165, 1.54) is 12.7 Å². The molecule has 0 unspecified atom stereocenters. The lowest BCUT2D eigenvalue weighted by Gasteiger charge is -1.98. The van der Waals surface area contributed by atoms with Crippen LogP contribution in [0, 0.1) is 0 Å². The van der Waals surface area contributed by atoms with Crippen molar-refractivity contribution >= 4 is 0 Å². The minimum Gasteiger partial charge on any atom is -0.462 e. The molecule has 0 spiro atoms. The first-order chi connectivity index (χ1) is 4.93. The summed E-state index contributed by atoms with van der Waals surface area (Å²) in [5.41, 5.74) is 5.18. The van der Waals surface area contributed by atoms with Gasteiger partial charge in [-0.05, 0) is 0 Å². The molecule has 0 saturated carbocycles. The van der Waals surface area contributed by atoms with Crippen molar-refractivity contribution in [1.29, 1.82) is 0 Å². The van der Waals surface area contributed by atoms with Crippen molar-refractivity contribution < 1.29 is 4.74 Å². The quantitative estimate of drug-likeness (QED) is 0.595. The maximum absolute atomic E-state index is 5.18. The Balaban J connectivity index is 2.43. The Hall–Kier alpha value is -1.23. The van der Waals surface area contributed by atoms with Gasteiger partial charge in [-0.2, -0.15) is 9.97 Å². The second-order valence-electron chi connectivity index (χ2n) is 1.56. The van der Waals surface area contributed by atoms with Crippen molar-refractivity contribution in [2.75, 3.05) is 13.2 Å². The molecule has 0 amide bonds. The predicted molar refractivity (Wildman–Crippen MR) is 34.4 cm³/mol. The van der Waals surface area contributed by atoms with Gasteiger partial charge < -0.3 is 10.5 Å². The number of aromatic nitrogens is 3. The van der Waals surface area contributed by atoms with Gasteiger partial charge in [0.1, 0.15) is 19.3 Å². The number of rotatable bonds is 3. The summed E-state index contributed by atoms with van der Waals surface area (Å²) in [7, 11) is 0. The van der Waals surface area contributed by atoms with E-state index < -0.39 is 0 Å². The lowest BCUT2D eigenvalue weighted by molar-refractivity contribution is 0.301. The molecule has 0 aromatic carbocycles. The van der Waals surface area contributed by atoms with Crippen LogP contribution < -0.4 is 10.5 Å². The minimum atomic E-state index is 0.320. The van der Waals surface area contributed by atoms with Gasteiger partial charge in [0.15, 0.2) is 0 Å². The van der Waals surface area contributed by atoms with Crippen LogP contribution >= 0.6 is 0 Å². The third-order valence-electron chi connectivity index (χ3n) is 0.819. The Morgan fingerprint density at radius 2 is 2.10 bits per heavy atom. The van der Waals surface area contributed by atoms with Gasteiger partial charge in [0.25, 0.3) is 0 Å². The molecular formula is C5H8N4O. The number of nitrogens with zero attached hydrogens (tertiary/aromatic N) is 3. The van der Waals surface area contributed by atoms with Crippen LogP contribution in [0.1, 0.15) is 0 Å². The van der Waals surface area contributed by atoms with Crippen LogP contribution in [0.15, 0.2) is 12.7 Å². The molecular weight excluding hydrogens is 132 g/mol. The number of hydrogen-bond acceptors (Lipinski definition) is 5. The van der Waals surface area contributed by atoms with E-state index in [1.807, 2.05) is 0 Å². The number of ether oxygens (including phenoxy) is 1. The second-order valence-corrected chi connectivity index (χ2v) is 1.56. The van der Waals surface area contributed by atoms with E-state index in [1.54, 1.807) is 0 Å². The number of nitrogens with two attached hydrogens (primary N) is 1. The average Bonchev–Trinajstić information content (AvgIpc) is 2.03. The Morgan fingerprint density at radius 1 is 1.40 bits per heavy atom. The van der Waals surface area contributed by atoms with Crippen molar-refractivity contribution in [3.63, 3.8) is 0 Å². The predicted octanol–water partition coefficient (Wildman–Crippen LogP) is -0.791. The first-order valence-electron chi connectivity index (χ1n) is 2.88. The molecule has 0 aliphatic carbocycles. The third kappa shape index (κ3) is 1.94. The van der Waals surface area contributed by atoms with Crippen LogP contribution in [0.4, 0.5) is 0 Å². The summed E-state index contributed by atoms with van der Waals surface area (Å²) in [5.74, 6) is 0. The van der Waals surface area contributed by atoms with Gasteiger partial charge in [-0.15, -0.1) is 0 Å². The van der Waals surface area contributed by atoms with E-state index in [2.05, 4.69) is 15.0 Å². The zero-order chi connectivity index (χ0) is 7.23. The zero-order valence-corrected chi connectivity index (χ0v) is 5.40. The molecule has 0 fully saturated rings. The van der Waals surface area contributed by atoms with Gasteiger partial charge in [-0.25, -0.2) is 4.98 Å². The third-order valence-corrected chi connectivity index (χ3v) is 0.819. The topological polar surface area (TPSA) is 73.9 Å². The summed E-state index contributed by atoms with van der Waals surface area (Å²) in [6.07, 6.45) is 2.75. The molecule has 1 aromatic rings. The monoisotopic (exact) mass is 140 g/mol. The van der Waals surface area contributed by atoms with Crippen LogP contribution in [0.25, 0.3) is 0 Å². The summed E-state index contributed by atoms with van der Waals surface area (Å²) in [6, 6.07) is 0.320. The highest BCUT2D eigenvalue weighted by atomic mass is 16.5. The maximum atomic E-state index is 5.18. The molecule has 1 aromatic heterocycles. The Bertz CT molecular complexity index is 178. The molecule has 54 valence electrons. The summed E-state index contributed by atoms with van der Waals surface area (Å²) < 4.78 is 4.97. The van der Waals surface area contributed by atoms with Gasteiger partial charge in [0.2, 0.25) is 0 Å². The van der Waals surface area contributed by atoms with Crippen molar-refractivity contribution in [3.05, 3.63) is 12.7 Å². The Morgan fingerprint density at radius 3 is 2.70 bits per heavy atom. The first kappa shape index (κ1) is 6.88. The van der Waals surface area contributed by atoms with E-state index in [0.29, 0.717) is 19.2 Å². The highest BCUT2D eigenvalue weighted by Gasteiger charge is 1.90. The van der Waals surface area contributed by atoms with E-state index in [-0.39, 0.29) is 0 Å². The highest BCUT2D eigenvalue weighted by molar-refractivity contribution is 4.86. The average molecular weight is 140 g/mol. The van der Waals surface area contributed by atoms with E-state index in [4.69, 9.17) is 10.5 Å².